The fourth-order valence-corrected chi connectivity index (χ4v) is 2.91. The first-order chi connectivity index (χ1) is 8.75. The molecule has 1 N–H and O–H groups in total. The molecule has 0 bridgehead atoms. The lowest BCUT2D eigenvalue weighted by Crippen LogP contribution is -2.23. The van der Waals surface area contributed by atoms with Crippen LogP contribution in [0.3, 0.4) is 0 Å². The number of para-hydroxylation sites is 1. The Morgan fingerprint density at radius 2 is 1.83 bits per heavy atom. The molecule has 2 aromatic carbocycles. The molecule has 1 heterocycles. The van der Waals surface area contributed by atoms with Crippen LogP contribution >= 0.6 is 15.9 Å². The number of halogens is 1. The van der Waals surface area contributed by atoms with Crippen molar-refractivity contribution in [2.45, 2.75) is 12.3 Å². The normalized spacial score (nSPS) is 18.1. The lowest BCUT2D eigenvalue weighted by Gasteiger charge is -2.26. The van der Waals surface area contributed by atoms with Gasteiger partial charge in [-0.3, -0.25) is 4.79 Å². The molecule has 2 aromatic rings. The van der Waals surface area contributed by atoms with Gasteiger partial charge in [-0.05, 0) is 33.1 Å². The van der Waals surface area contributed by atoms with Gasteiger partial charge in [-0.15, -0.1) is 0 Å². The molecule has 1 unspecified atom stereocenters. The maximum absolute atomic E-state index is 11.8. The lowest BCUT2D eigenvalue weighted by atomic mass is 9.85. The number of hydrogen-bond donors (Lipinski definition) is 1. The molecule has 0 radical (unpaired) electrons. The minimum absolute atomic E-state index is 0.0725. The van der Waals surface area contributed by atoms with E-state index in [-0.39, 0.29) is 11.8 Å². The molecule has 0 aromatic heterocycles. The SMILES string of the molecule is O=C1CC(c2ccccc2)c2cccc(Br)c2N1. The second-order valence-corrected chi connectivity index (χ2v) is 5.27. The summed E-state index contributed by atoms with van der Waals surface area (Å²) < 4.78 is 0.939. The van der Waals surface area contributed by atoms with Crippen LogP contribution in [0.4, 0.5) is 5.69 Å². The highest BCUT2D eigenvalue weighted by Crippen LogP contribution is 2.40. The van der Waals surface area contributed by atoms with E-state index in [0.29, 0.717) is 6.42 Å². The van der Waals surface area contributed by atoms with E-state index in [1.807, 2.05) is 30.3 Å². The number of anilines is 1. The van der Waals surface area contributed by atoms with Crippen LogP contribution < -0.4 is 5.32 Å². The third-order valence-corrected chi connectivity index (χ3v) is 3.94. The molecule has 0 spiro atoms. The Balaban J connectivity index is 2.14. The molecule has 2 nitrogen and oxygen atoms in total. The number of fused-ring (bicyclic) bond motifs is 1. The van der Waals surface area contributed by atoms with Crippen LogP contribution in [0.1, 0.15) is 23.5 Å². The monoisotopic (exact) mass is 301 g/mol. The van der Waals surface area contributed by atoms with Crippen molar-refractivity contribution in [2.24, 2.45) is 0 Å². The lowest BCUT2D eigenvalue weighted by molar-refractivity contribution is -0.116. The van der Waals surface area contributed by atoms with E-state index >= 15 is 0 Å². The van der Waals surface area contributed by atoms with E-state index in [4.69, 9.17) is 0 Å². The van der Waals surface area contributed by atoms with Crippen molar-refractivity contribution in [2.75, 3.05) is 5.32 Å². The van der Waals surface area contributed by atoms with Crippen LogP contribution in [-0.4, -0.2) is 5.91 Å². The second-order valence-electron chi connectivity index (χ2n) is 4.42. The van der Waals surface area contributed by atoms with Gasteiger partial charge >= 0.3 is 0 Å². The first-order valence-electron chi connectivity index (χ1n) is 5.89. The van der Waals surface area contributed by atoms with Crippen LogP contribution in [-0.2, 0) is 4.79 Å². The summed E-state index contributed by atoms with van der Waals surface area (Å²) in [5.41, 5.74) is 3.27. The number of amides is 1. The van der Waals surface area contributed by atoms with E-state index in [1.54, 1.807) is 0 Å². The van der Waals surface area contributed by atoms with Gasteiger partial charge in [0.05, 0.1) is 5.69 Å². The largest absolute Gasteiger partial charge is 0.325 e. The van der Waals surface area contributed by atoms with Crippen molar-refractivity contribution in [3.05, 3.63) is 64.1 Å². The first-order valence-corrected chi connectivity index (χ1v) is 6.68. The smallest absolute Gasteiger partial charge is 0.225 e. The third-order valence-electron chi connectivity index (χ3n) is 3.28. The number of nitrogens with one attached hydrogen (secondary N) is 1. The Kier molecular flexibility index (Phi) is 2.92. The Morgan fingerprint density at radius 1 is 1.06 bits per heavy atom. The molecule has 18 heavy (non-hydrogen) atoms. The Morgan fingerprint density at radius 3 is 2.61 bits per heavy atom. The zero-order valence-corrected chi connectivity index (χ0v) is 11.3. The molecule has 1 amide bonds. The highest BCUT2D eigenvalue weighted by Gasteiger charge is 2.27. The summed E-state index contributed by atoms with van der Waals surface area (Å²) in [7, 11) is 0. The Labute approximate surface area is 114 Å². The summed E-state index contributed by atoms with van der Waals surface area (Å²) in [5, 5.41) is 2.94. The first kappa shape index (κ1) is 11.5. The summed E-state index contributed by atoms with van der Waals surface area (Å²) >= 11 is 3.49. The van der Waals surface area contributed by atoms with Gasteiger partial charge in [0.1, 0.15) is 0 Å². The molecule has 1 aliphatic rings. The van der Waals surface area contributed by atoms with Crippen LogP contribution in [0.5, 0.6) is 0 Å². The zero-order chi connectivity index (χ0) is 12.5. The maximum Gasteiger partial charge on any atom is 0.225 e. The van der Waals surface area contributed by atoms with Crippen molar-refractivity contribution in [1.29, 1.82) is 0 Å². The van der Waals surface area contributed by atoms with Crippen molar-refractivity contribution >= 4 is 27.5 Å². The average Bonchev–Trinajstić information content (AvgIpc) is 2.40. The molecular formula is C15H12BrNO. The fraction of sp³-hybridized carbons (Fsp3) is 0.133. The van der Waals surface area contributed by atoms with E-state index in [9.17, 15) is 4.79 Å². The average molecular weight is 302 g/mol. The minimum Gasteiger partial charge on any atom is -0.325 e. The summed E-state index contributed by atoms with van der Waals surface area (Å²) in [6.07, 6.45) is 0.507. The Bertz CT molecular complexity index is 595. The number of carbonyl (C=O) groups excluding carboxylic acids is 1. The fourth-order valence-electron chi connectivity index (χ4n) is 2.43. The minimum atomic E-state index is 0.0725. The van der Waals surface area contributed by atoms with Gasteiger partial charge in [0.15, 0.2) is 0 Å². The van der Waals surface area contributed by atoms with Gasteiger partial charge in [0.2, 0.25) is 5.91 Å². The molecule has 0 saturated carbocycles. The highest BCUT2D eigenvalue weighted by molar-refractivity contribution is 9.10. The molecule has 0 aliphatic carbocycles. The number of hydrogen-bond acceptors (Lipinski definition) is 1. The quantitative estimate of drug-likeness (QED) is 0.850. The summed E-state index contributed by atoms with van der Waals surface area (Å²) in [5.74, 6) is 0.218. The molecule has 1 aliphatic heterocycles. The van der Waals surface area contributed by atoms with Crippen LogP contribution in [0.25, 0.3) is 0 Å². The predicted octanol–water partition coefficient (Wildman–Crippen LogP) is 3.92. The van der Waals surface area contributed by atoms with Gasteiger partial charge in [0, 0.05) is 16.8 Å². The third kappa shape index (κ3) is 1.95. The topological polar surface area (TPSA) is 29.1 Å². The predicted molar refractivity (Wildman–Crippen MR) is 75.7 cm³/mol. The molecular weight excluding hydrogens is 290 g/mol. The van der Waals surface area contributed by atoms with Gasteiger partial charge in [-0.2, -0.15) is 0 Å². The van der Waals surface area contributed by atoms with Crippen molar-refractivity contribution < 1.29 is 4.79 Å². The van der Waals surface area contributed by atoms with Crippen molar-refractivity contribution in [3.8, 4) is 0 Å². The molecule has 0 fully saturated rings. The number of rotatable bonds is 1. The van der Waals surface area contributed by atoms with Crippen molar-refractivity contribution in [1.82, 2.24) is 0 Å². The van der Waals surface area contributed by atoms with Gasteiger partial charge in [-0.25, -0.2) is 0 Å². The summed E-state index contributed by atoms with van der Waals surface area (Å²) in [6.45, 7) is 0. The zero-order valence-electron chi connectivity index (χ0n) is 9.69. The van der Waals surface area contributed by atoms with Gasteiger partial charge < -0.3 is 5.32 Å². The maximum atomic E-state index is 11.8. The van der Waals surface area contributed by atoms with Crippen LogP contribution in [0.2, 0.25) is 0 Å². The summed E-state index contributed by atoms with van der Waals surface area (Å²) in [4.78, 5) is 11.8. The number of carbonyl (C=O) groups is 1. The van der Waals surface area contributed by atoms with Gasteiger partial charge in [0.25, 0.3) is 0 Å². The van der Waals surface area contributed by atoms with E-state index in [2.05, 4.69) is 39.4 Å². The van der Waals surface area contributed by atoms with Crippen molar-refractivity contribution in [3.63, 3.8) is 0 Å². The van der Waals surface area contributed by atoms with Crippen LogP contribution in [0, 0.1) is 0 Å². The van der Waals surface area contributed by atoms with E-state index < -0.39 is 0 Å². The van der Waals surface area contributed by atoms with Gasteiger partial charge in [-0.1, -0.05) is 42.5 Å². The van der Waals surface area contributed by atoms with E-state index in [0.717, 1.165) is 10.2 Å². The molecule has 3 rings (SSSR count). The molecule has 90 valence electrons. The Hall–Kier alpha value is -1.61. The van der Waals surface area contributed by atoms with E-state index in [1.165, 1.54) is 11.1 Å². The highest BCUT2D eigenvalue weighted by atomic mass is 79.9. The van der Waals surface area contributed by atoms with Crippen LogP contribution in [0.15, 0.2) is 53.0 Å². The second kappa shape index (κ2) is 4.58. The summed E-state index contributed by atoms with van der Waals surface area (Å²) in [6, 6.07) is 16.2. The molecule has 3 heteroatoms. The molecule has 0 saturated heterocycles. The standard InChI is InChI=1S/C15H12BrNO/c16-13-8-4-7-11-12(9-14(18)17-15(11)13)10-5-2-1-3-6-10/h1-8,12H,9H2,(H,17,18). The molecule has 1 atom stereocenters. The number of benzene rings is 2.